The fourth-order valence-electron chi connectivity index (χ4n) is 3.74. The molecular weight excluding hydrogens is 356 g/mol. The van der Waals surface area contributed by atoms with E-state index in [0.29, 0.717) is 0 Å². The highest BCUT2D eigenvalue weighted by molar-refractivity contribution is 5.80. The molecular formula is C25H22N4. The minimum atomic E-state index is 0.888. The van der Waals surface area contributed by atoms with Crippen LogP contribution >= 0.6 is 0 Å². The average Bonchev–Trinajstić information content (AvgIpc) is 3.32. The number of benzene rings is 3. The molecule has 3 aromatic carbocycles. The van der Waals surface area contributed by atoms with Crippen LogP contribution in [-0.2, 0) is 7.05 Å². The van der Waals surface area contributed by atoms with Crippen LogP contribution in [-0.4, -0.2) is 19.5 Å². The third kappa shape index (κ3) is 3.13. The number of aryl methyl sites for hydroxylation is 3. The van der Waals surface area contributed by atoms with E-state index in [9.17, 15) is 0 Å². The van der Waals surface area contributed by atoms with E-state index in [2.05, 4.69) is 96.3 Å². The largest absolute Gasteiger partial charge is 0.338 e. The number of hydrogen-bond donors (Lipinski definition) is 1. The van der Waals surface area contributed by atoms with Crippen molar-refractivity contribution in [2.24, 2.45) is 7.05 Å². The highest BCUT2D eigenvalue weighted by Gasteiger charge is 2.12. The standard InChI is InChI=1S/C25H22N4/c1-16-8-13-21-22(14-16)27-24(26-21)19-11-9-18(10-12-19)23-15-29(3)25(28-23)20-7-5-4-6-17(20)2/h4-15H,1-3H3,(H,26,27). The molecule has 0 fully saturated rings. The van der Waals surface area contributed by atoms with E-state index in [-0.39, 0.29) is 0 Å². The number of nitrogens with zero attached hydrogens (tertiary/aromatic N) is 3. The van der Waals surface area contributed by atoms with Crippen molar-refractivity contribution in [3.8, 4) is 34.0 Å². The summed E-state index contributed by atoms with van der Waals surface area (Å²) in [7, 11) is 2.04. The minimum Gasteiger partial charge on any atom is -0.338 e. The second-order valence-electron chi connectivity index (χ2n) is 7.56. The number of hydrogen-bond acceptors (Lipinski definition) is 2. The predicted octanol–water partition coefficient (Wildman–Crippen LogP) is 5.91. The molecule has 4 heteroatoms. The summed E-state index contributed by atoms with van der Waals surface area (Å²) in [4.78, 5) is 13.0. The van der Waals surface area contributed by atoms with Crippen molar-refractivity contribution >= 4 is 11.0 Å². The van der Waals surface area contributed by atoms with E-state index in [1.165, 1.54) is 11.1 Å². The Hall–Kier alpha value is -3.66. The third-order valence-electron chi connectivity index (χ3n) is 5.35. The van der Waals surface area contributed by atoms with Crippen LogP contribution in [0.2, 0.25) is 0 Å². The van der Waals surface area contributed by atoms with Gasteiger partial charge in [-0.05, 0) is 37.1 Å². The quantitative estimate of drug-likeness (QED) is 0.424. The van der Waals surface area contributed by atoms with Crippen LogP contribution in [0.25, 0.3) is 45.1 Å². The Labute approximate surface area is 169 Å². The predicted molar refractivity (Wildman–Crippen MR) is 119 cm³/mol. The maximum absolute atomic E-state index is 4.90. The molecule has 0 amide bonds. The molecule has 4 nitrogen and oxygen atoms in total. The number of H-pyrrole nitrogens is 1. The van der Waals surface area contributed by atoms with Gasteiger partial charge >= 0.3 is 0 Å². The average molecular weight is 378 g/mol. The summed E-state index contributed by atoms with van der Waals surface area (Å²) in [6.07, 6.45) is 2.08. The third-order valence-corrected chi connectivity index (χ3v) is 5.35. The monoisotopic (exact) mass is 378 g/mol. The SMILES string of the molecule is Cc1ccc2nc(-c3ccc(-c4cn(C)c(-c5ccccc5C)n4)cc3)[nH]c2c1. The Bertz CT molecular complexity index is 1320. The zero-order valence-electron chi connectivity index (χ0n) is 16.8. The Morgan fingerprint density at radius 2 is 1.59 bits per heavy atom. The zero-order chi connectivity index (χ0) is 20.0. The van der Waals surface area contributed by atoms with Crippen molar-refractivity contribution in [3.63, 3.8) is 0 Å². The highest BCUT2D eigenvalue weighted by atomic mass is 15.0. The first kappa shape index (κ1) is 17.4. The molecule has 2 heterocycles. The van der Waals surface area contributed by atoms with Crippen LogP contribution < -0.4 is 0 Å². The van der Waals surface area contributed by atoms with E-state index >= 15 is 0 Å². The summed E-state index contributed by atoms with van der Waals surface area (Å²) in [5.41, 5.74) is 8.80. The van der Waals surface area contributed by atoms with E-state index in [4.69, 9.17) is 9.97 Å². The molecule has 5 aromatic rings. The van der Waals surface area contributed by atoms with Crippen molar-refractivity contribution in [2.45, 2.75) is 13.8 Å². The number of rotatable bonds is 3. The molecule has 0 radical (unpaired) electrons. The summed E-state index contributed by atoms with van der Waals surface area (Å²) < 4.78 is 2.09. The summed E-state index contributed by atoms with van der Waals surface area (Å²) in [6, 6.07) is 23.0. The molecule has 1 N–H and O–H groups in total. The van der Waals surface area contributed by atoms with E-state index in [1.54, 1.807) is 0 Å². The topological polar surface area (TPSA) is 46.5 Å². The number of nitrogens with one attached hydrogen (secondary N) is 1. The van der Waals surface area contributed by atoms with Crippen LogP contribution in [0.1, 0.15) is 11.1 Å². The lowest BCUT2D eigenvalue weighted by atomic mass is 10.1. The van der Waals surface area contributed by atoms with Crippen LogP contribution in [0, 0.1) is 13.8 Å². The zero-order valence-corrected chi connectivity index (χ0v) is 16.8. The first-order valence-electron chi connectivity index (χ1n) is 9.75. The van der Waals surface area contributed by atoms with E-state index < -0.39 is 0 Å². The van der Waals surface area contributed by atoms with Gasteiger partial charge in [0.25, 0.3) is 0 Å². The summed E-state index contributed by atoms with van der Waals surface area (Å²) in [5, 5.41) is 0. The van der Waals surface area contributed by atoms with Gasteiger partial charge in [-0.2, -0.15) is 0 Å². The van der Waals surface area contributed by atoms with Crippen molar-refractivity contribution in [3.05, 3.63) is 84.1 Å². The summed E-state index contributed by atoms with van der Waals surface area (Å²) in [6.45, 7) is 4.21. The molecule has 0 unspecified atom stereocenters. The molecule has 0 atom stereocenters. The van der Waals surface area contributed by atoms with Crippen molar-refractivity contribution in [1.29, 1.82) is 0 Å². The Balaban J connectivity index is 1.49. The van der Waals surface area contributed by atoms with Crippen molar-refractivity contribution in [2.75, 3.05) is 0 Å². The van der Waals surface area contributed by atoms with Gasteiger partial charge in [-0.25, -0.2) is 9.97 Å². The van der Waals surface area contributed by atoms with Gasteiger partial charge in [-0.3, -0.25) is 0 Å². The van der Waals surface area contributed by atoms with Crippen LogP contribution in [0.5, 0.6) is 0 Å². The maximum atomic E-state index is 4.90. The molecule has 5 rings (SSSR count). The second-order valence-corrected chi connectivity index (χ2v) is 7.56. The van der Waals surface area contributed by atoms with E-state index in [1.807, 2.05) is 7.05 Å². The molecule has 0 saturated carbocycles. The highest BCUT2D eigenvalue weighted by Crippen LogP contribution is 2.28. The number of fused-ring (bicyclic) bond motifs is 1. The van der Waals surface area contributed by atoms with Gasteiger partial charge in [0.15, 0.2) is 0 Å². The van der Waals surface area contributed by atoms with Gasteiger partial charge in [0.1, 0.15) is 11.6 Å². The van der Waals surface area contributed by atoms with Crippen LogP contribution in [0.15, 0.2) is 72.9 Å². The fraction of sp³-hybridized carbons (Fsp3) is 0.120. The van der Waals surface area contributed by atoms with Crippen molar-refractivity contribution in [1.82, 2.24) is 19.5 Å². The van der Waals surface area contributed by atoms with Gasteiger partial charge in [-0.15, -0.1) is 0 Å². The number of imidazole rings is 2. The van der Waals surface area contributed by atoms with Gasteiger partial charge in [-0.1, -0.05) is 54.6 Å². The first-order valence-corrected chi connectivity index (χ1v) is 9.75. The maximum Gasteiger partial charge on any atom is 0.140 e. The minimum absolute atomic E-state index is 0.888. The number of aromatic amines is 1. The molecule has 0 saturated heterocycles. The van der Waals surface area contributed by atoms with Crippen LogP contribution in [0.4, 0.5) is 0 Å². The molecule has 0 bridgehead atoms. The molecule has 142 valence electrons. The lowest BCUT2D eigenvalue weighted by Crippen LogP contribution is -1.92. The lowest BCUT2D eigenvalue weighted by molar-refractivity contribution is 0.923. The van der Waals surface area contributed by atoms with E-state index in [0.717, 1.165) is 45.1 Å². The molecule has 0 aliphatic heterocycles. The Morgan fingerprint density at radius 3 is 2.38 bits per heavy atom. The first-order chi connectivity index (χ1) is 14.1. The Morgan fingerprint density at radius 1 is 0.828 bits per heavy atom. The summed E-state index contributed by atoms with van der Waals surface area (Å²) in [5.74, 6) is 1.87. The molecule has 0 aliphatic rings. The van der Waals surface area contributed by atoms with Crippen molar-refractivity contribution < 1.29 is 0 Å². The summed E-state index contributed by atoms with van der Waals surface area (Å²) >= 11 is 0. The molecule has 0 aliphatic carbocycles. The van der Waals surface area contributed by atoms with Gasteiger partial charge in [0, 0.05) is 29.9 Å². The smallest absolute Gasteiger partial charge is 0.140 e. The van der Waals surface area contributed by atoms with Gasteiger partial charge in [0.05, 0.1) is 16.7 Å². The number of aromatic nitrogens is 4. The second kappa shape index (κ2) is 6.74. The molecule has 0 spiro atoms. The Kier molecular flexibility index (Phi) is 4.06. The fourth-order valence-corrected chi connectivity index (χ4v) is 3.74. The van der Waals surface area contributed by atoms with Crippen LogP contribution in [0.3, 0.4) is 0 Å². The molecule has 29 heavy (non-hydrogen) atoms. The van der Waals surface area contributed by atoms with Gasteiger partial charge < -0.3 is 9.55 Å². The normalized spacial score (nSPS) is 11.3. The van der Waals surface area contributed by atoms with Gasteiger partial charge in [0.2, 0.25) is 0 Å². The molecule has 2 aromatic heterocycles. The lowest BCUT2D eigenvalue weighted by Gasteiger charge is -2.04.